The third-order valence-electron chi connectivity index (χ3n) is 7.29. The number of nitrogens with zero attached hydrogens (tertiary/aromatic N) is 3. The molecule has 1 aromatic rings. The fourth-order valence-electron chi connectivity index (χ4n) is 5.46. The Morgan fingerprint density at radius 2 is 1.95 bits per heavy atom. The third-order valence-corrected chi connectivity index (χ3v) is 7.29. The first kappa shape index (κ1) is 28.8. The van der Waals surface area contributed by atoms with Gasteiger partial charge in [-0.3, -0.25) is 20.2 Å². The number of aliphatic carboxylic acids is 1. The Morgan fingerprint density at radius 1 is 1.20 bits per heavy atom. The number of rotatable bonds is 11. The Bertz CT molecular complexity index is 1140. The number of alkyl carbamates (subject to hydrolysis) is 1. The van der Waals surface area contributed by atoms with E-state index in [2.05, 4.69) is 26.3 Å². The number of hydrogen-bond donors (Lipinski definition) is 5. The third kappa shape index (κ3) is 6.50. The fourth-order valence-corrected chi connectivity index (χ4v) is 5.46. The summed E-state index contributed by atoms with van der Waals surface area (Å²) in [5.41, 5.74) is 0.696. The number of carboxylic acids is 1. The van der Waals surface area contributed by atoms with Gasteiger partial charge in [0.1, 0.15) is 19.7 Å². The molecule has 0 spiro atoms. The van der Waals surface area contributed by atoms with E-state index in [-0.39, 0.29) is 32.2 Å². The molecular formula is C26H36N7O7+. The maximum atomic E-state index is 13.2. The molecule has 2 heterocycles. The minimum atomic E-state index is -1.54. The highest BCUT2D eigenvalue weighted by Gasteiger charge is 2.59. The van der Waals surface area contributed by atoms with E-state index in [9.17, 15) is 29.1 Å². The number of imide groups is 1. The van der Waals surface area contributed by atoms with Crippen molar-refractivity contribution in [1.29, 1.82) is 0 Å². The summed E-state index contributed by atoms with van der Waals surface area (Å²) in [5, 5.41) is 21.8. The predicted molar refractivity (Wildman–Crippen MR) is 141 cm³/mol. The van der Waals surface area contributed by atoms with Crippen LogP contribution in [0.2, 0.25) is 0 Å². The highest BCUT2D eigenvalue weighted by atomic mass is 16.5. The summed E-state index contributed by atoms with van der Waals surface area (Å²) in [6.07, 6.45) is 1.33. The Kier molecular flexibility index (Phi) is 9.19. The molecule has 3 aliphatic rings. The van der Waals surface area contributed by atoms with Crippen LogP contribution in [0.3, 0.4) is 0 Å². The molecule has 14 heteroatoms. The number of hydrogen-bond acceptors (Lipinski definition) is 9. The topological polar surface area (TPSA) is 179 Å². The summed E-state index contributed by atoms with van der Waals surface area (Å²) in [6, 6.07) is 8.58. The smallest absolute Gasteiger partial charge is 0.449 e. The molecule has 0 bridgehead atoms. The van der Waals surface area contributed by atoms with Crippen LogP contribution in [0.1, 0.15) is 51.0 Å². The number of amides is 5. The highest BCUT2D eigenvalue weighted by Crippen LogP contribution is 2.25. The average Bonchev–Trinajstić information content (AvgIpc) is 3.46. The molecule has 1 aromatic carbocycles. The van der Waals surface area contributed by atoms with Gasteiger partial charge in [-0.2, -0.15) is 0 Å². The van der Waals surface area contributed by atoms with E-state index in [1.807, 2.05) is 0 Å². The lowest BCUT2D eigenvalue weighted by molar-refractivity contribution is -0.884. The van der Waals surface area contributed by atoms with Gasteiger partial charge in [0.15, 0.2) is 12.1 Å². The summed E-state index contributed by atoms with van der Waals surface area (Å²) >= 11 is 0. The molecule has 216 valence electrons. The molecule has 4 unspecified atom stereocenters. The van der Waals surface area contributed by atoms with Crippen LogP contribution in [0.4, 0.5) is 9.59 Å². The van der Waals surface area contributed by atoms with Gasteiger partial charge in [-0.05, 0) is 18.4 Å². The number of ether oxygens (including phenoxy) is 1. The van der Waals surface area contributed by atoms with E-state index in [0.29, 0.717) is 24.1 Å². The molecule has 4 atom stereocenters. The number of aliphatic imine (C=N–C) groups is 1. The van der Waals surface area contributed by atoms with Crippen LogP contribution in [0.5, 0.6) is 0 Å². The van der Waals surface area contributed by atoms with Crippen LogP contribution in [-0.4, -0.2) is 88.5 Å². The van der Waals surface area contributed by atoms with Crippen LogP contribution in [0.25, 0.3) is 0 Å². The van der Waals surface area contributed by atoms with Crippen molar-refractivity contribution in [1.82, 2.24) is 26.3 Å². The minimum Gasteiger partial charge on any atom is -0.481 e. The van der Waals surface area contributed by atoms with Crippen LogP contribution in [0.15, 0.2) is 35.3 Å². The monoisotopic (exact) mass is 558 g/mol. The number of carboxylic acid groups (broad SMARTS) is 1. The first-order valence-corrected chi connectivity index (χ1v) is 13.5. The Labute approximate surface area is 231 Å². The maximum Gasteiger partial charge on any atom is 0.449 e. The summed E-state index contributed by atoms with van der Waals surface area (Å²) in [7, 11) is 0. The summed E-state index contributed by atoms with van der Waals surface area (Å²) in [4.78, 5) is 68.4. The molecule has 0 aromatic heterocycles. The maximum absolute atomic E-state index is 13.2. The molecular weight excluding hydrogens is 522 g/mol. The van der Waals surface area contributed by atoms with Crippen molar-refractivity contribution in [2.45, 2.75) is 70.3 Å². The van der Waals surface area contributed by atoms with Crippen LogP contribution in [0, 0.1) is 0 Å². The number of urea groups is 1. The highest BCUT2D eigenvalue weighted by molar-refractivity contribution is 5.93. The van der Waals surface area contributed by atoms with Gasteiger partial charge in [-0.25, -0.2) is 19.4 Å². The van der Waals surface area contributed by atoms with Crippen molar-refractivity contribution in [2.24, 2.45) is 4.99 Å². The molecule has 5 N–H and O–H groups in total. The molecule has 2 fully saturated rings. The second kappa shape index (κ2) is 12.8. The zero-order valence-electron chi connectivity index (χ0n) is 22.4. The number of benzene rings is 1. The summed E-state index contributed by atoms with van der Waals surface area (Å²) in [5.74, 6) is -2.09. The van der Waals surface area contributed by atoms with Crippen LogP contribution in [-0.2, 0) is 25.7 Å². The van der Waals surface area contributed by atoms with E-state index in [4.69, 9.17) is 4.74 Å². The zero-order chi connectivity index (χ0) is 28.7. The lowest BCUT2D eigenvalue weighted by Gasteiger charge is -2.40. The Balaban J connectivity index is 1.47. The lowest BCUT2D eigenvalue weighted by Crippen LogP contribution is -2.71. The summed E-state index contributed by atoms with van der Waals surface area (Å²) < 4.78 is 4.11. The number of guanidine groups is 1. The number of carbonyl (C=O) groups is 5. The van der Waals surface area contributed by atoms with Gasteiger partial charge < -0.3 is 20.5 Å². The van der Waals surface area contributed by atoms with Crippen molar-refractivity contribution >= 4 is 35.9 Å². The fraction of sp³-hybridized carbons (Fsp3) is 0.538. The molecule has 5 amide bonds. The van der Waals surface area contributed by atoms with E-state index in [0.717, 1.165) is 37.6 Å². The van der Waals surface area contributed by atoms with Crippen LogP contribution < -0.4 is 21.3 Å². The number of quaternary nitrogens is 1. The second-order valence-electron chi connectivity index (χ2n) is 10.1. The Hall–Kier alpha value is -4.20. The predicted octanol–water partition coefficient (Wildman–Crippen LogP) is 0.794. The molecule has 4 rings (SSSR count). The van der Waals surface area contributed by atoms with Gasteiger partial charge in [0.25, 0.3) is 5.91 Å². The molecule has 14 nitrogen and oxygen atoms in total. The minimum absolute atomic E-state index is 0.0999. The quantitative estimate of drug-likeness (QED) is 0.114. The van der Waals surface area contributed by atoms with Crippen molar-refractivity contribution in [3.8, 4) is 0 Å². The first-order chi connectivity index (χ1) is 19.2. The Morgan fingerprint density at radius 3 is 2.60 bits per heavy atom. The molecule has 0 radical (unpaired) electrons. The molecule has 1 saturated carbocycles. The molecule has 1 saturated heterocycles. The number of nitrogens with one attached hydrogen (secondary N) is 4. The van der Waals surface area contributed by atoms with Crippen molar-refractivity contribution in [3.05, 3.63) is 35.9 Å². The molecule has 40 heavy (non-hydrogen) atoms. The van der Waals surface area contributed by atoms with Crippen molar-refractivity contribution in [2.75, 3.05) is 19.6 Å². The number of fused-ring (bicyclic) bond motifs is 1. The summed E-state index contributed by atoms with van der Waals surface area (Å²) in [6.45, 7) is 0.868. The normalized spacial score (nSPS) is 24.2. The SMILES string of the molecule is CC(=O)N(C(CC(=O)O)NC(=O)OCc1ccccc1)[N+]1(CCCNC2=NC3CCCCC3N2)C(=O)CNC1=O. The molecule has 2 aliphatic heterocycles. The molecule has 1 aliphatic carbocycles. The van der Waals surface area contributed by atoms with Crippen molar-refractivity contribution < 1.29 is 38.4 Å². The van der Waals surface area contributed by atoms with E-state index in [1.54, 1.807) is 30.3 Å². The lowest BCUT2D eigenvalue weighted by atomic mass is 9.92. The van der Waals surface area contributed by atoms with Gasteiger partial charge in [0, 0.05) is 19.9 Å². The first-order valence-electron chi connectivity index (χ1n) is 13.5. The zero-order valence-corrected chi connectivity index (χ0v) is 22.4. The van der Waals surface area contributed by atoms with E-state index in [1.165, 1.54) is 0 Å². The van der Waals surface area contributed by atoms with Gasteiger partial charge in [0.05, 0.1) is 18.5 Å². The van der Waals surface area contributed by atoms with Gasteiger partial charge in [-0.1, -0.05) is 47.8 Å². The van der Waals surface area contributed by atoms with Crippen molar-refractivity contribution in [3.63, 3.8) is 0 Å². The largest absolute Gasteiger partial charge is 0.481 e. The second-order valence-corrected chi connectivity index (χ2v) is 10.1. The number of carbonyl (C=O) groups excluding carboxylic acids is 4. The van der Waals surface area contributed by atoms with E-state index < -0.39 is 47.1 Å². The van der Waals surface area contributed by atoms with Crippen LogP contribution >= 0.6 is 0 Å². The van der Waals surface area contributed by atoms with E-state index >= 15 is 0 Å². The van der Waals surface area contributed by atoms with Gasteiger partial charge >= 0.3 is 24.0 Å². The van der Waals surface area contributed by atoms with Gasteiger partial charge in [0.2, 0.25) is 0 Å². The van der Waals surface area contributed by atoms with Gasteiger partial charge in [-0.15, -0.1) is 5.01 Å². The standard InChI is InChI=1S/C26H35N7O7/c1-17(34)32(21(14-23(36)37)31-26(39)40-16-18-8-3-2-4-9-18)33(22(35)15-28-25(33)38)13-7-12-27-24-29-19-10-5-6-11-20(19)30-24/h2-4,8-9,19-21H,5-7,10-16H2,1H3,(H4-,27,28,29,30,31,36,37,38,39)/p+1. The average molecular weight is 559 g/mol.